The van der Waals surface area contributed by atoms with E-state index < -0.39 is 6.10 Å². The Kier molecular flexibility index (Phi) is 5.34. The second-order valence-electron chi connectivity index (χ2n) is 5.67. The summed E-state index contributed by atoms with van der Waals surface area (Å²) in [5.41, 5.74) is 2.96. The summed E-state index contributed by atoms with van der Waals surface area (Å²) in [5.74, 6) is 0.352. The molecule has 0 spiro atoms. The van der Waals surface area contributed by atoms with Gasteiger partial charge in [-0.15, -0.1) is 0 Å². The van der Waals surface area contributed by atoms with Crippen molar-refractivity contribution in [2.24, 2.45) is 0 Å². The fraction of sp³-hybridized carbons (Fsp3) is 0.316. The van der Waals surface area contributed by atoms with Crippen molar-refractivity contribution in [1.29, 1.82) is 0 Å². The molecule has 3 heteroatoms. The van der Waals surface area contributed by atoms with E-state index in [1.165, 1.54) is 5.56 Å². The van der Waals surface area contributed by atoms with Crippen LogP contribution in [0, 0.1) is 0 Å². The quantitative estimate of drug-likeness (QED) is 0.829. The molecule has 22 heavy (non-hydrogen) atoms. The predicted molar refractivity (Wildman–Crippen MR) is 90.1 cm³/mol. The number of benzene rings is 2. The summed E-state index contributed by atoms with van der Waals surface area (Å²) < 4.78 is 5.43. The van der Waals surface area contributed by atoms with Crippen LogP contribution in [-0.2, 0) is 9.53 Å². The number of amides is 1. The maximum atomic E-state index is 12.8. The van der Waals surface area contributed by atoms with E-state index in [-0.39, 0.29) is 5.91 Å². The molecule has 0 unspecified atom stereocenters. The molecule has 0 aliphatic carbocycles. The van der Waals surface area contributed by atoms with Crippen molar-refractivity contribution in [3.63, 3.8) is 0 Å². The summed E-state index contributed by atoms with van der Waals surface area (Å²) in [5, 5.41) is 0. The van der Waals surface area contributed by atoms with E-state index in [0.717, 1.165) is 11.3 Å². The third-order valence-electron chi connectivity index (χ3n) is 3.82. The van der Waals surface area contributed by atoms with E-state index in [2.05, 4.69) is 26.0 Å². The number of carbonyl (C=O) groups excluding carboxylic acids is 1. The first-order chi connectivity index (χ1) is 10.5. The van der Waals surface area contributed by atoms with Gasteiger partial charge in [-0.05, 0) is 29.2 Å². The van der Waals surface area contributed by atoms with Crippen LogP contribution in [0.3, 0.4) is 0 Å². The van der Waals surface area contributed by atoms with Crippen LogP contribution in [0.15, 0.2) is 54.6 Å². The molecular formula is C19H23NO2. The highest BCUT2D eigenvalue weighted by Crippen LogP contribution is 2.25. The number of hydrogen-bond donors (Lipinski definition) is 0. The third kappa shape index (κ3) is 3.55. The molecule has 0 aliphatic rings. The van der Waals surface area contributed by atoms with Crippen LogP contribution in [0.4, 0.5) is 5.69 Å². The highest BCUT2D eigenvalue weighted by Gasteiger charge is 2.24. The van der Waals surface area contributed by atoms with Gasteiger partial charge in [-0.1, -0.05) is 56.3 Å². The molecule has 0 aromatic heterocycles. The number of rotatable bonds is 5. The number of methoxy groups -OCH3 is 1. The summed E-state index contributed by atoms with van der Waals surface area (Å²) in [6.07, 6.45) is -0.589. The van der Waals surface area contributed by atoms with E-state index in [4.69, 9.17) is 4.74 Å². The molecule has 116 valence electrons. The summed E-state index contributed by atoms with van der Waals surface area (Å²) >= 11 is 0. The molecule has 0 radical (unpaired) electrons. The van der Waals surface area contributed by atoms with Crippen molar-refractivity contribution in [3.8, 4) is 0 Å². The second-order valence-corrected chi connectivity index (χ2v) is 5.67. The first-order valence-corrected chi connectivity index (χ1v) is 7.50. The van der Waals surface area contributed by atoms with Gasteiger partial charge in [0.2, 0.25) is 0 Å². The lowest BCUT2D eigenvalue weighted by molar-refractivity contribution is -0.128. The van der Waals surface area contributed by atoms with Gasteiger partial charge < -0.3 is 9.64 Å². The highest BCUT2D eigenvalue weighted by molar-refractivity contribution is 5.96. The number of anilines is 1. The lowest BCUT2D eigenvalue weighted by Crippen LogP contribution is -2.32. The fourth-order valence-electron chi connectivity index (χ4n) is 2.40. The number of likely N-dealkylation sites (N-methyl/N-ethyl adjacent to an activating group) is 1. The molecule has 0 bridgehead atoms. The lowest BCUT2D eigenvalue weighted by atomic mass is 10.0. The van der Waals surface area contributed by atoms with Crippen molar-refractivity contribution >= 4 is 11.6 Å². The van der Waals surface area contributed by atoms with Crippen molar-refractivity contribution in [1.82, 2.24) is 0 Å². The van der Waals surface area contributed by atoms with Gasteiger partial charge in [0, 0.05) is 19.8 Å². The minimum absolute atomic E-state index is 0.0744. The molecule has 0 saturated heterocycles. The van der Waals surface area contributed by atoms with Gasteiger partial charge in [-0.25, -0.2) is 0 Å². The maximum Gasteiger partial charge on any atom is 0.260 e. The lowest BCUT2D eigenvalue weighted by Gasteiger charge is -2.24. The zero-order valence-electron chi connectivity index (χ0n) is 13.6. The molecule has 1 atom stereocenters. The summed E-state index contributed by atoms with van der Waals surface area (Å²) in [4.78, 5) is 14.4. The van der Waals surface area contributed by atoms with Gasteiger partial charge in [0.15, 0.2) is 6.10 Å². The third-order valence-corrected chi connectivity index (χ3v) is 3.82. The van der Waals surface area contributed by atoms with Gasteiger partial charge in [0.1, 0.15) is 0 Å². The number of carbonyl (C=O) groups is 1. The van der Waals surface area contributed by atoms with E-state index in [1.807, 2.05) is 42.5 Å². The Morgan fingerprint density at radius 1 is 1.00 bits per heavy atom. The van der Waals surface area contributed by atoms with Crippen LogP contribution in [0.25, 0.3) is 0 Å². The van der Waals surface area contributed by atoms with Crippen molar-refractivity contribution in [2.45, 2.75) is 25.9 Å². The number of hydrogen-bond acceptors (Lipinski definition) is 2. The number of ether oxygens (including phenoxy) is 1. The molecule has 3 nitrogen and oxygen atoms in total. The van der Waals surface area contributed by atoms with Gasteiger partial charge >= 0.3 is 0 Å². The first-order valence-electron chi connectivity index (χ1n) is 7.50. The van der Waals surface area contributed by atoms with Crippen LogP contribution < -0.4 is 4.90 Å². The second kappa shape index (κ2) is 7.23. The Hall–Kier alpha value is -2.13. The molecule has 0 aliphatic heterocycles. The zero-order valence-corrected chi connectivity index (χ0v) is 13.6. The molecule has 0 fully saturated rings. The van der Waals surface area contributed by atoms with Crippen LogP contribution in [-0.4, -0.2) is 20.1 Å². The highest BCUT2D eigenvalue weighted by atomic mass is 16.5. The average molecular weight is 297 g/mol. The van der Waals surface area contributed by atoms with Crippen molar-refractivity contribution < 1.29 is 9.53 Å². The summed E-state index contributed by atoms with van der Waals surface area (Å²) in [6.45, 7) is 4.28. The van der Waals surface area contributed by atoms with E-state index >= 15 is 0 Å². The predicted octanol–water partition coefficient (Wildman–Crippen LogP) is 4.16. The molecular weight excluding hydrogens is 274 g/mol. The normalized spacial score (nSPS) is 12.2. The van der Waals surface area contributed by atoms with Crippen molar-refractivity contribution in [2.75, 3.05) is 19.1 Å². The molecule has 1 amide bonds. The Bertz CT molecular complexity index is 622. The van der Waals surface area contributed by atoms with E-state index in [0.29, 0.717) is 5.92 Å². The van der Waals surface area contributed by atoms with Crippen LogP contribution in [0.2, 0.25) is 0 Å². The molecule has 0 saturated carbocycles. The Labute approximate surface area is 132 Å². The van der Waals surface area contributed by atoms with Gasteiger partial charge in [0.05, 0.1) is 0 Å². The minimum atomic E-state index is -0.589. The van der Waals surface area contributed by atoms with Gasteiger partial charge in [-0.3, -0.25) is 4.79 Å². The Balaban J connectivity index is 2.26. The maximum absolute atomic E-state index is 12.8. The summed E-state index contributed by atoms with van der Waals surface area (Å²) in [7, 11) is 3.35. The van der Waals surface area contributed by atoms with Crippen LogP contribution in [0.5, 0.6) is 0 Å². The van der Waals surface area contributed by atoms with Gasteiger partial charge in [-0.2, -0.15) is 0 Å². The van der Waals surface area contributed by atoms with E-state index in [9.17, 15) is 4.79 Å². The molecule has 2 rings (SSSR count). The zero-order chi connectivity index (χ0) is 16.1. The fourth-order valence-corrected chi connectivity index (χ4v) is 2.40. The average Bonchev–Trinajstić information content (AvgIpc) is 2.55. The standard InChI is InChI=1S/C19H23NO2/c1-14(2)16-11-8-12-17(13-16)20(3)19(21)18(22-4)15-9-6-5-7-10-15/h5-14,18H,1-4H3/t18-/m0/s1. The Morgan fingerprint density at radius 2 is 1.64 bits per heavy atom. The monoisotopic (exact) mass is 297 g/mol. The molecule has 0 heterocycles. The topological polar surface area (TPSA) is 29.5 Å². The molecule has 2 aromatic carbocycles. The molecule has 0 N–H and O–H groups in total. The number of nitrogens with zero attached hydrogens (tertiary/aromatic N) is 1. The van der Waals surface area contributed by atoms with Gasteiger partial charge in [0.25, 0.3) is 5.91 Å². The van der Waals surface area contributed by atoms with Crippen LogP contribution in [0.1, 0.15) is 37.0 Å². The van der Waals surface area contributed by atoms with E-state index in [1.54, 1.807) is 19.1 Å². The Morgan fingerprint density at radius 3 is 2.23 bits per heavy atom. The smallest absolute Gasteiger partial charge is 0.260 e. The van der Waals surface area contributed by atoms with Crippen molar-refractivity contribution in [3.05, 3.63) is 65.7 Å². The summed E-state index contributed by atoms with van der Waals surface area (Å²) in [6, 6.07) is 17.6. The SMILES string of the molecule is CO[C@H](C(=O)N(C)c1cccc(C(C)C)c1)c1ccccc1. The molecule has 2 aromatic rings. The first kappa shape index (κ1) is 16.2. The minimum Gasteiger partial charge on any atom is -0.367 e. The van der Waals surface area contributed by atoms with Crippen LogP contribution >= 0.6 is 0 Å². The largest absolute Gasteiger partial charge is 0.367 e.